The predicted molar refractivity (Wildman–Crippen MR) is 155 cm³/mol. The molecule has 0 aromatic heterocycles. The smallest absolute Gasteiger partial charge is 0.457 e. The molecule has 0 spiro atoms. The van der Waals surface area contributed by atoms with E-state index in [0.717, 1.165) is 64.2 Å². The van der Waals surface area contributed by atoms with Gasteiger partial charge in [-0.2, -0.15) is 0 Å². The van der Waals surface area contributed by atoms with Crippen molar-refractivity contribution in [1.29, 1.82) is 0 Å². The monoisotopic (exact) mass is 560 g/mol. The second-order valence-electron chi connectivity index (χ2n) is 10.4. The van der Waals surface area contributed by atoms with Crippen LogP contribution in [0.4, 0.5) is 0 Å². The van der Waals surface area contributed by atoms with Gasteiger partial charge in [0.05, 0.1) is 34.4 Å². The Morgan fingerprint density at radius 2 is 1.50 bits per heavy atom. The summed E-state index contributed by atoms with van der Waals surface area (Å²) in [7, 11) is 1.64. The van der Waals surface area contributed by atoms with E-state index >= 15 is 0 Å². The van der Waals surface area contributed by atoms with Crippen molar-refractivity contribution in [1.82, 2.24) is 0 Å². The maximum atomic E-state index is 12.2. The zero-order valence-electron chi connectivity index (χ0n) is 24.6. The van der Waals surface area contributed by atoms with Gasteiger partial charge in [0.2, 0.25) is 0 Å². The zero-order chi connectivity index (χ0) is 28.5. The highest BCUT2D eigenvalue weighted by Crippen LogP contribution is 2.43. The van der Waals surface area contributed by atoms with Crippen LogP contribution in [-0.4, -0.2) is 75.6 Å². The number of esters is 1. The molecule has 0 saturated heterocycles. The summed E-state index contributed by atoms with van der Waals surface area (Å²) >= 11 is 0. The summed E-state index contributed by atoms with van der Waals surface area (Å²) in [4.78, 5) is 22.0. The van der Waals surface area contributed by atoms with Gasteiger partial charge in [0.1, 0.15) is 19.3 Å². The van der Waals surface area contributed by atoms with Crippen LogP contribution < -0.4 is 0 Å². The normalized spacial score (nSPS) is 15.0. The van der Waals surface area contributed by atoms with Crippen LogP contribution in [0, 0.1) is 0 Å². The zero-order valence-corrected chi connectivity index (χ0v) is 25.5. The van der Waals surface area contributed by atoms with E-state index in [2.05, 4.69) is 43.4 Å². The van der Waals surface area contributed by atoms with Crippen LogP contribution in [0.2, 0.25) is 0 Å². The standard InChI is InChI=1S/C29H54NO7P/c1-6-8-10-11-12-13-14-15-16-17-18-19-20-21-24-34-26-28(37-29(31)22-9-7-2)27-36-38(32,33)35-25-23-30(3,4)5/h8,10,12-13,15-16,28H,6-7,9,11,14,17-27H2,1-5H3/p+1/b10-8-,13-12-,16-15-. The maximum absolute atomic E-state index is 12.2. The van der Waals surface area contributed by atoms with Gasteiger partial charge in [0, 0.05) is 13.0 Å². The van der Waals surface area contributed by atoms with E-state index in [9.17, 15) is 14.3 Å². The van der Waals surface area contributed by atoms with Gasteiger partial charge in [-0.3, -0.25) is 13.8 Å². The van der Waals surface area contributed by atoms with Crippen molar-refractivity contribution >= 4 is 13.8 Å². The molecule has 0 aliphatic rings. The summed E-state index contributed by atoms with van der Waals surface area (Å²) in [5.74, 6) is -0.361. The van der Waals surface area contributed by atoms with Crippen molar-refractivity contribution in [2.45, 2.75) is 90.6 Å². The van der Waals surface area contributed by atoms with Crippen LogP contribution >= 0.6 is 7.82 Å². The summed E-state index contributed by atoms with van der Waals surface area (Å²) in [6.07, 6.45) is 22.8. The third kappa shape index (κ3) is 26.3. The summed E-state index contributed by atoms with van der Waals surface area (Å²) in [5, 5.41) is 0. The maximum Gasteiger partial charge on any atom is 0.472 e. The lowest BCUT2D eigenvalue weighted by atomic mass is 10.1. The molecule has 1 N–H and O–H groups in total. The third-order valence-corrected chi connectivity index (χ3v) is 6.45. The first-order valence-corrected chi connectivity index (χ1v) is 15.7. The average Bonchev–Trinajstić information content (AvgIpc) is 2.84. The number of allylic oxidation sites excluding steroid dienone is 6. The molecule has 0 aromatic rings. The molecule has 0 amide bonds. The minimum atomic E-state index is -4.24. The van der Waals surface area contributed by atoms with Crippen LogP contribution in [0.15, 0.2) is 36.5 Å². The molecule has 2 unspecified atom stereocenters. The number of unbranched alkanes of at least 4 members (excludes halogenated alkanes) is 5. The Bertz CT molecular complexity index is 716. The molecule has 0 radical (unpaired) electrons. The number of hydrogen-bond donors (Lipinski definition) is 1. The highest BCUT2D eigenvalue weighted by molar-refractivity contribution is 7.47. The van der Waals surface area contributed by atoms with E-state index in [1.54, 1.807) is 0 Å². The number of phosphoric acid groups is 1. The average molecular weight is 561 g/mol. The Morgan fingerprint density at radius 3 is 2.16 bits per heavy atom. The summed E-state index contributed by atoms with van der Waals surface area (Å²) < 4.78 is 34.1. The molecule has 8 nitrogen and oxygen atoms in total. The van der Waals surface area contributed by atoms with Crippen LogP contribution in [0.5, 0.6) is 0 Å². The van der Waals surface area contributed by atoms with Gasteiger partial charge >= 0.3 is 13.8 Å². The van der Waals surface area contributed by atoms with Crippen molar-refractivity contribution in [2.75, 3.05) is 54.1 Å². The second kappa shape index (κ2) is 23.6. The number of carbonyl (C=O) groups is 1. The largest absolute Gasteiger partial charge is 0.472 e. The van der Waals surface area contributed by atoms with Crippen molar-refractivity contribution in [3.63, 3.8) is 0 Å². The quantitative estimate of drug-likeness (QED) is 0.0434. The molecule has 0 fully saturated rings. The molecular weight excluding hydrogens is 505 g/mol. The molecule has 0 saturated carbocycles. The molecule has 0 aromatic carbocycles. The van der Waals surface area contributed by atoms with E-state index < -0.39 is 13.9 Å². The van der Waals surface area contributed by atoms with Crippen molar-refractivity contribution in [3.8, 4) is 0 Å². The van der Waals surface area contributed by atoms with Crippen LogP contribution in [-0.2, 0) is 27.9 Å². The summed E-state index contributed by atoms with van der Waals surface area (Å²) in [6, 6.07) is 0. The molecule has 0 rings (SSSR count). The van der Waals surface area contributed by atoms with Crippen molar-refractivity contribution in [2.24, 2.45) is 0 Å². The molecule has 38 heavy (non-hydrogen) atoms. The highest BCUT2D eigenvalue weighted by Gasteiger charge is 2.26. The van der Waals surface area contributed by atoms with Gasteiger partial charge in [-0.15, -0.1) is 0 Å². The number of carbonyl (C=O) groups excluding carboxylic acids is 1. The Kier molecular flexibility index (Phi) is 22.8. The molecule has 0 aliphatic carbocycles. The molecule has 9 heteroatoms. The van der Waals surface area contributed by atoms with Crippen molar-refractivity contribution in [3.05, 3.63) is 36.5 Å². The van der Waals surface area contributed by atoms with Crippen LogP contribution in [0.3, 0.4) is 0 Å². The fourth-order valence-corrected chi connectivity index (χ4v) is 3.93. The highest BCUT2D eigenvalue weighted by atomic mass is 31.2. The lowest BCUT2D eigenvalue weighted by Crippen LogP contribution is -2.37. The van der Waals surface area contributed by atoms with E-state index in [1.807, 2.05) is 28.1 Å². The fourth-order valence-electron chi connectivity index (χ4n) is 3.19. The SMILES string of the molecule is CC/C=C\C/C=C\C/C=C\CCCCCCOCC(COP(=O)(O)OCC[N+](C)(C)C)OC(=O)CCCC. The van der Waals surface area contributed by atoms with Gasteiger partial charge in [-0.25, -0.2) is 4.57 Å². The lowest BCUT2D eigenvalue weighted by molar-refractivity contribution is -0.870. The number of ether oxygens (including phenoxy) is 2. The Hall–Kier alpha value is -1.28. The Labute approximate surface area is 232 Å². The van der Waals surface area contributed by atoms with Gasteiger partial charge < -0.3 is 18.9 Å². The molecule has 222 valence electrons. The van der Waals surface area contributed by atoms with Gasteiger partial charge in [0.25, 0.3) is 0 Å². The number of hydrogen-bond acceptors (Lipinski definition) is 6. The second-order valence-corrected chi connectivity index (χ2v) is 11.9. The fraction of sp³-hybridized carbons (Fsp3) is 0.759. The first-order chi connectivity index (χ1) is 18.1. The third-order valence-electron chi connectivity index (χ3n) is 5.47. The topological polar surface area (TPSA) is 91.3 Å². The molecular formula is C29H55NO7P+. The number of nitrogens with zero attached hydrogens (tertiary/aromatic N) is 1. The Morgan fingerprint density at radius 1 is 0.842 bits per heavy atom. The molecule has 0 heterocycles. The van der Waals surface area contributed by atoms with Crippen LogP contribution in [0.1, 0.15) is 84.5 Å². The van der Waals surface area contributed by atoms with E-state index in [4.69, 9.17) is 18.5 Å². The first-order valence-electron chi connectivity index (χ1n) is 14.2. The first kappa shape index (κ1) is 36.7. The molecule has 0 aliphatic heterocycles. The molecule has 0 bridgehead atoms. The van der Waals surface area contributed by atoms with E-state index in [-0.39, 0.29) is 25.8 Å². The van der Waals surface area contributed by atoms with Gasteiger partial charge in [-0.1, -0.05) is 69.6 Å². The Balaban J connectivity index is 4.18. The molecule has 2 atom stereocenters. The van der Waals surface area contributed by atoms with Crippen molar-refractivity contribution < 1.29 is 37.3 Å². The number of quaternary nitrogens is 1. The lowest BCUT2D eigenvalue weighted by Gasteiger charge is -2.24. The number of likely N-dealkylation sites (N-methyl/N-ethyl adjacent to an activating group) is 1. The number of phosphoric ester groups is 1. The van der Waals surface area contributed by atoms with Gasteiger partial charge in [-0.05, 0) is 44.9 Å². The van der Waals surface area contributed by atoms with Crippen LogP contribution in [0.25, 0.3) is 0 Å². The summed E-state index contributed by atoms with van der Waals surface area (Å²) in [6.45, 7) is 5.16. The van der Waals surface area contributed by atoms with Gasteiger partial charge in [0.15, 0.2) is 0 Å². The van der Waals surface area contributed by atoms with E-state index in [0.29, 0.717) is 24.1 Å². The van der Waals surface area contributed by atoms with E-state index in [1.165, 1.54) is 0 Å². The predicted octanol–water partition coefficient (Wildman–Crippen LogP) is 6.75. The number of rotatable bonds is 25. The minimum Gasteiger partial charge on any atom is -0.457 e. The minimum absolute atomic E-state index is 0.0819. The summed E-state index contributed by atoms with van der Waals surface area (Å²) in [5.41, 5.74) is 0.